The number of anilines is 2. The van der Waals surface area contributed by atoms with E-state index in [1.807, 2.05) is 24.3 Å². The molecule has 0 aliphatic carbocycles. The van der Waals surface area contributed by atoms with Gasteiger partial charge < -0.3 is 16.8 Å². The monoisotopic (exact) mass is 518 g/mol. The fourth-order valence-electron chi connectivity index (χ4n) is 3.36. The van der Waals surface area contributed by atoms with Crippen LogP contribution in [-0.2, 0) is 10.0 Å². The minimum atomic E-state index is -3.60. The van der Waals surface area contributed by atoms with Crippen molar-refractivity contribution < 1.29 is 13.2 Å². The number of nitrogens with two attached hydrogens (primary N) is 2. The lowest BCUT2D eigenvalue weighted by Gasteiger charge is -2.11. The van der Waals surface area contributed by atoms with Gasteiger partial charge in [-0.1, -0.05) is 60.8 Å². The molecule has 0 bridgehead atoms. The molecule has 0 spiro atoms. The summed E-state index contributed by atoms with van der Waals surface area (Å²) in [4.78, 5) is 20.0. The van der Waals surface area contributed by atoms with Gasteiger partial charge in [-0.2, -0.15) is 0 Å². The molecule has 0 fully saturated rings. The maximum Gasteiger partial charge on any atom is 0.280 e. The normalized spacial score (nSPS) is 11.3. The van der Waals surface area contributed by atoms with Crippen molar-refractivity contribution in [3.8, 4) is 0 Å². The second-order valence-electron chi connectivity index (χ2n) is 7.68. The van der Waals surface area contributed by atoms with Crippen molar-refractivity contribution in [2.24, 2.45) is 0 Å². The minimum Gasteiger partial charge on any atom is -0.382 e. The molecule has 1 amide bonds. The predicted molar refractivity (Wildman–Crippen MR) is 137 cm³/mol. The van der Waals surface area contributed by atoms with Crippen LogP contribution in [0.15, 0.2) is 47.4 Å². The number of hydrogen-bond acceptors (Lipinski definition) is 8. The number of nitrogens with one attached hydrogen (secondary N) is 4. The highest BCUT2D eigenvalue weighted by Gasteiger charge is 2.17. The maximum atomic E-state index is 12.7. The Balaban J connectivity index is 1.34. The van der Waals surface area contributed by atoms with Gasteiger partial charge in [0.15, 0.2) is 28.4 Å². The lowest BCUT2D eigenvalue weighted by Crippen LogP contribution is -2.41. The third-order valence-corrected chi connectivity index (χ3v) is 6.89. The van der Waals surface area contributed by atoms with E-state index in [0.717, 1.165) is 24.6 Å². The number of unbranched alkanes of at least 4 members (excludes halogenated alkanes) is 3. The molecular formula is C22H27ClN8O3S. The lowest BCUT2D eigenvalue weighted by atomic mass is 10.1. The van der Waals surface area contributed by atoms with Crippen molar-refractivity contribution >= 4 is 55.9 Å². The number of fused-ring (bicyclic) bond motifs is 1. The molecule has 1 heterocycles. The first-order chi connectivity index (χ1) is 16.7. The van der Waals surface area contributed by atoms with Crippen molar-refractivity contribution in [2.45, 2.75) is 30.6 Å². The van der Waals surface area contributed by atoms with Gasteiger partial charge in [-0.15, -0.1) is 0 Å². The van der Waals surface area contributed by atoms with Crippen LogP contribution in [-0.4, -0.2) is 43.3 Å². The maximum absolute atomic E-state index is 12.7. The first-order valence-electron chi connectivity index (χ1n) is 10.9. The number of hydrogen-bond donors (Lipinski definition) is 6. The van der Waals surface area contributed by atoms with E-state index in [9.17, 15) is 13.2 Å². The number of aromatic nitrogens is 2. The van der Waals surface area contributed by atoms with Crippen LogP contribution in [0, 0.1) is 5.41 Å². The summed E-state index contributed by atoms with van der Waals surface area (Å²) in [7, 11) is -3.60. The molecule has 3 aromatic rings. The topological polar surface area (TPSA) is 189 Å². The van der Waals surface area contributed by atoms with E-state index in [1.165, 1.54) is 0 Å². The standard InChI is InChI=1S/C22H27ClN8O3S/c23-18-20(25)30-19(24)17(29-18)21(32)31-22(26)27-12-5-1-2-6-13-28-35(33,34)16-11-7-9-14-8-3-4-10-15(14)16/h3-4,7-11,28H,1-2,5-6,12-13H2,(H4,24,25,30)(H3,26,27,31,32). The Morgan fingerprint density at radius 3 is 2.40 bits per heavy atom. The van der Waals surface area contributed by atoms with Gasteiger partial charge in [-0.05, 0) is 24.3 Å². The second-order valence-corrected chi connectivity index (χ2v) is 9.77. The Morgan fingerprint density at radius 2 is 1.63 bits per heavy atom. The van der Waals surface area contributed by atoms with Crippen LogP contribution < -0.4 is 26.8 Å². The van der Waals surface area contributed by atoms with Crippen LogP contribution in [0.1, 0.15) is 36.2 Å². The number of benzene rings is 2. The van der Waals surface area contributed by atoms with E-state index >= 15 is 0 Å². The van der Waals surface area contributed by atoms with E-state index < -0.39 is 15.9 Å². The summed E-state index contributed by atoms with van der Waals surface area (Å²) in [5.74, 6) is -1.22. The van der Waals surface area contributed by atoms with Crippen molar-refractivity contribution in [3.05, 3.63) is 53.3 Å². The van der Waals surface area contributed by atoms with Crippen LogP contribution in [0.5, 0.6) is 0 Å². The number of nitrogens with zero attached hydrogens (tertiary/aromatic N) is 2. The quantitative estimate of drug-likeness (QED) is 0.134. The summed E-state index contributed by atoms with van der Waals surface area (Å²) < 4.78 is 28.1. The Kier molecular flexibility index (Phi) is 8.79. The first-order valence-corrected chi connectivity index (χ1v) is 12.7. The summed E-state index contributed by atoms with van der Waals surface area (Å²) in [5.41, 5.74) is 10.9. The lowest BCUT2D eigenvalue weighted by molar-refractivity contribution is 0.0971. The molecule has 0 atom stereocenters. The van der Waals surface area contributed by atoms with Crippen molar-refractivity contribution in [1.82, 2.24) is 25.3 Å². The molecular weight excluding hydrogens is 492 g/mol. The Morgan fingerprint density at radius 1 is 0.943 bits per heavy atom. The number of guanidine groups is 1. The van der Waals surface area contributed by atoms with Crippen molar-refractivity contribution in [1.29, 1.82) is 5.41 Å². The van der Waals surface area contributed by atoms with E-state index in [-0.39, 0.29) is 33.3 Å². The summed E-state index contributed by atoms with van der Waals surface area (Å²) in [6, 6.07) is 12.6. The van der Waals surface area contributed by atoms with Crippen molar-refractivity contribution in [2.75, 3.05) is 24.6 Å². The summed E-state index contributed by atoms with van der Waals surface area (Å²) in [6.45, 7) is 0.780. The second kappa shape index (κ2) is 11.8. The minimum absolute atomic E-state index is 0.0877. The molecule has 0 radical (unpaired) electrons. The molecule has 1 aromatic heterocycles. The molecule has 0 saturated carbocycles. The molecule has 0 unspecified atom stereocenters. The zero-order valence-corrected chi connectivity index (χ0v) is 20.4. The Labute approximate surface area is 208 Å². The number of nitrogen functional groups attached to an aromatic ring is 2. The van der Waals surface area contributed by atoms with Gasteiger partial charge in [-0.25, -0.2) is 23.1 Å². The number of rotatable bonds is 10. The first kappa shape index (κ1) is 26.1. The molecule has 35 heavy (non-hydrogen) atoms. The molecule has 11 nitrogen and oxygen atoms in total. The van der Waals surface area contributed by atoms with Gasteiger partial charge in [0.1, 0.15) is 0 Å². The summed E-state index contributed by atoms with van der Waals surface area (Å²) in [6.07, 6.45) is 3.02. The Bertz CT molecular complexity index is 1330. The molecule has 0 aliphatic heterocycles. The third-order valence-electron chi connectivity index (χ3n) is 5.10. The largest absolute Gasteiger partial charge is 0.382 e. The number of carbonyl (C=O) groups is 1. The highest BCUT2D eigenvalue weighted by atomic mass is 35.5. The number of halogens is 1. The molecule has 186 valence electrons. The van der Waals surface area contributed by atoms with Gasteiger partial charge in [0.2, 0.25) is 10.0 Å². The van der Waals surface area contributed by atoms with Crippen LogP contribution in [0.2, 0.25) is 5.15 Å². The van der Waals surface area contributed by atoms with Crippen LogP contribution in [0.3, 0.4) is 0 Å². The smallest absolute Gasteiger partial charge is 0.280 e. The fourth-order valence-corrected chi connectivity index (χ4v) is 4.79. The summed E-state index contributed by atoms with van der Waals surface area (Å²) in [5, 5.41) is 14.3. The average molecular weight is 519 g/mol. The zero-order chi connectivity index (χ0) is 25.4. The van der Waals surface area contributed by atoms with Gasteiger partial charge in [0.25, 0.3) is 5.91 Å². The van der Waals surface area contributed by atoms with E-state index in [2.05, 4.69) is 25.3 Å². The average Bonchev–Trinajstić information content (AvgIpc) is 2.82. The highest BCUT2D eigenvalue weighted by Crippen LogP contribution is 2.22. The SMILES string of the molecule is N=C(NCCCCCCNS(=O)(=O)c1cccc2ccccc12)NC(=O)c1nc(Cl)c(N)nc1N. The van der Waals surface area contributed by atoms with E-state index in [0.29, 0.717) is 24.9 Å². The third kappa shape index (κ3) is 7.01. The number of carbonyl (C=O) groups excluding carboxylic acids is 1. The van der Waals surface area contributed by atoms with Gasteiger partial charge >= 0.3 is 0 Å². The van der Waals surface area contributed by atoms with Gasteiger partial charge in [0, 0.05) is 18.5 Å². The van der Waals surface area contributed by atoms with Gasteiger partial charge in [-0.3, -0.25) is 15.5 Å². The zero-order valence-electron chi connectivity index (χ0n) is 18.8. The molecule has 8 N–H and O–H groups in total. The fraction of sp³-hybridized carbons (Fsp3) is 0.273. The number of amides is 1. The number of sulfonamides is 1. The molecule has 13 heteroatoms. The van der Waals surface area contributed by atoms with Crippen LogP contribution in [0.25, 0.3) is 10.8 Å². The molecule has 0 aliphatic rings. The van der Waals surface area contributed by atoms with Crippen LogP contribution in [0.4, 0.5) is 11.6 Å². The highest BCUT2D eigenvalue weighted by molar-refractivity contribution is 7.89. The molecule has 0 saturated heterocycles. The van der Waals surface area contributed by atoms with Crippen molar-refractivity contribution in [3.63, 3.8) is 0 Å². The van der Waals surface area contributed by atoms with Gasteiger partial charge in [0.05, 0.1) is 4.90 Å². The van der Waals surface area contributed by atoms with E-state index in [4.69, 9.17) is 28.5 Å². The Hall–Kier alpha value is -3.48. The predicted octanol–water partition coefficient (Wildman–Crippen LogP) is 2.24. The van der Waals surface area contributed by atoms with E-state index in [1.54, 1.807) is 18.2 Å². The summed E-state index contributed by atoms with van der Waals surface area (Å²) >= 11 is 5.76. The molecule has 2 aromatic carbocycles. The molecule has 3 rings (SSSR count). The van der Waals surface area contributed by atoms with Crippen LogP contribution >= 0.6 is 11.6 Å².